The maximum absolute atomic E-state index is 13.4. The van der Waals surface area contributed by atoms with Crippen molar-refractivity contribution in [2.24, 2.45) is 5.73 Å². The van der Waals surface area contributed by atoms with Gasteiger partial charge in [-0.15, -0.1) is 11.3 Å². The second-order valence-electron chi connectivity index (χ2n) is 4.24. The minimum atomic E-state index is -0.258. The van der Waals surface area contributed by atoms with Crippen molar-refractivity contribution in [2.45, 2.75) is 6.54 Å². The van der Waals surface area contributed by atoms with E-state index >= 15 is 0 Å². The Labute approximate surface area is 119 Å². The lowest BCUT2D eigenvalue weighted by molar-refractivity contribution is 0.628. The molecule has 3 rings (SSSR count). The molecule has 0 amide bonds. The van der Waals surface area contributed by atoms with Gasteiger partial charge < -0.3 is 5.73 Å². The minimum Gasteiger partial charge on any atom is -0.325 e. The molecular weight excluding hydrogens is 273 g/mol. The number of hydrogen-bond donors (Lipinski definition) is 1. The van der Waals surface area contributed by atoms with Gasteiger partial charge in [0, 0.05) is 24.5 Å². The molecule has 0 bridgehead atoms. The fourth-order valence-electron chi connectivity index (χ4n) is 1.98. The Hall–Kier alpha value is -2.11. The van der Waals surface area contributed by atoms with E-state index in [1.165, 1.54) is 23.5 Å². The Morgan fingerprint density at radius 2 is 1.90 bits per heavy atom. The first-order chi connectivity index (χ1) is 9.78. The number of nitrogens with two attached hydrogens (primary N) is 1. The zero-order chi connectivity index (χ0) is 13.9. The highest BCUT2D eigenvalue weighted by atomic mass is 32.1. The fourth-order valence-corrected chi connectivity index (χ4v) is 2.94. The number of aromatic nitrogens is 2. The predicted octanol–water partition coefficient (Wildman–Crippen LogP) is 3.47. The van der Waals surface area contributed by atoms with Gasteiger partial charge in [-0.3, -0.25) is 4.98 Å². The third kappa shape index (κ3) is 2.45. The molecule has 0 aliphatic carbocycles. The van der Waals surface area contributed by atoms with E-state index < -0.39 is 0 Å². The third-order valence-corrected chi connectivity index (χ3v) is 4.01. The Morgan fingerprint density at radius 1 is 1.10 bits per heavy atom. The molecule has 2 heterocycles. The molecule has 100 valence electrons. The van der Waals surface area contributed by atoms with Crippen LogP contribution in [-0.2, 0) is 6.54 Å². The van der Waals surface area contributed by atoms with E-state index in [0.717, 1.165) is 26.7 Å². The van der Waals surface area contributed by atoms with Gasteiger partial charge in [0.1, 0.15) is 10.8 Å². The van der Waals surface area contributed by atoms with Gasteiger partial charge in [-0.2, -0.15) is 0 Å². The Bertz CT molecular complexity index is 725. The molecule has 0 unspecified atom stereocenters. The first kappa shape index (κ1) is 12.9. The van der Waals surface area contributed by atoms with Crippen LogP contribution in [0.5, 0.6) is 0 Å². The molecule has 0 atom stereocenters. The minimum absolute atomic E-state index is 0.258. The molecule has 1 aromatic carbocycles. The molecule has 2 N–H and O–H groups in total. The summed E-state index contributed by atoms with van der Waals surface area (Å²) in [7, 11) is 0. The maximum Gasteiger partial charge on any atom is 0.123 e. The topological polar surface area (TPSA) is 51.8 Å². The largest absolute Gasteiger partial charge is 0.325 e. The van der Waals surface area contributed by atoms with Crippen molar-refractivity contribution in [1.82, 2.24) is 9.97 Å². The molecular formula is C15H12FN3S. The monoisotopic (exact) mass is 285 g/mol. The summed E-state index contributed by atoms with van der Waals surface area (Å²) in [5.41, 5.74) is 8.27. The van der Waals surface area contributed by atoms with Gasteiger partial charge in [-0.1, -0.05) is 12.1 Å². The highest BCUT2D eigenvalue weighted by Crippen LogP contribution is 2.36. The van der Waals surface area contributed by atoms with Crippen LogP contribution >= 0.6 is 11.3 Å². The number of rotatable bonds is 3. The molecule has 0 fully saturated rings. The normalized spacial score (nSPS) is 10.7. The van der Waals surface area contributed by atoms with E-state index in [0.29, 0.717) is 6.54 Å². The summed E-state index contributed by atoms with van der Waals surface area (Å²) in [6, 6.07) is 10.3. The Morgan fingerprint density at radius 3 is 2.60 bits per heavy atom. The average Bonchev–Trinajstić information content (AvgIpc) is 2.92. The van der Waals surface area contributed by atoms with Gasteiger partial charge in [0.25, 0.3) is 0 Å². The molecule has 0 spiro atoms. The number of thiazole rings is 1. The lowest BCUT2D eigenvalue weighted by Gasteiger charge is -2.02. The van der Waals surface area contributed by atoms with Crippen LogP contribution in [0.25, 0.3) is 21.7 Å². The average molecular weight is 285 g/mol. The summed E-state index contributed by atoms with van der Waals surface area (Å²) in [5.74, 6) is -0.258. The fraction of sp³-hybridized carbons (Fsp3) is 0.0667. The van der Waals surface area contributed by atoms with Crippen LogP contribution in [0.2, 0.25) is 0 Å². The van der Waals surface area contributed by atoms with Crippen LogP contribution < -0.4 is 5.73 Å². The highest BCUT2D eigenvalue weighted by Gasteiger charge is 2.14. The van der Waals surface area contributed by atoms with Crippen molar-refractivity contribution in [3.05, 3.63) is 59.6 Å². The molecule has 0 aliphatic rings. The van der Waals surface area contributed by atoms with Crippen LogP contribution in [0.15, 0.2) is 48.8 Å². The molecule has 0 saturated heterocycles. The van der Waals surface area contributed by atoms with E-state index in [1.807, 2.05) is 18.2 Å². The number of nitrogens with zero attached hydrogens (tertiary/aromatic N) is 2. The second kappa shape index (κ2) is 5.48. The molecule has 5 heteroatoms. The number of hydrogen-bond acceptors (Lipinski definition) is 4. The molecule has 0 saturated carbocycles. The van der Waals surface area contributed by atoms with E-state index in [-0.39, 0.29) is 5.82 Å². The number of benzene rings is 1. The maximum atomic E-state index is 13.4. The van der Waals surface area contributed by atoms with E-state index in [2.05, 4.69) is 9.97 Å². The first-order valence-electron chi connectivity index (χ1n) is 6.14. The quantitative estimate of drug-likeness (QED) is 0.801. The zero-order valence-corrected chi connectivity index (χ0v) is 11.4. The van der Waals surface area contributed by atoms with Crippen LogP contribution in [-0.4, -0.2) is 9.97 Å². The molecule has 3 aromatic rings. The standard InChI is InChI=1S/C15H12FN3S/c16-12-3-1-2-11(8-12)15-14(19-13(9-17)20-15)10-4-6-18-7-5-10/h1-8H,9,17H2. The number of pyridine rings is 1. The number of halogens is 1. The summed E-state index contributed by atoms with van der Waals surface area (Å²) < 4.78 is 13.4. The van der Waals surface area contributed by atoms with Crippen molar-refractivity contribution in [3.63, 3.8) is 0 Å². The van der Waals surface area contributed by atoms with Gasteiger partial charge >= 0.3 is 0 Å². The SMILES string of the molecule is NCc1nc(-c2ccncc2)c(-c2cccc(F)c2)s1. The lowest BCUT2D eigenvalue weighted by Crippen LogP contribution is -1.94. The first-order valence-corrected chi connectivity index (χ1v) is 6.95. The molecule has 0 aliphatic heterocycles. The van der Waals surface area contributed by atoms with Gasteiger partial charge in [-0.05, 0) is 29.8 Å². The zero-order valence-electron chi connectivity index (χ0n) is 10.6. The molecule has 0 radical (unpaired) electrons. The van der Waals surface area contributed by atoms with Crippen molar-refractivity contribution >= 4 is 11.3 Å². The Balaban J connectivity index is 2.18. The lowest BCUT2D eigenvalue weighted by atomic mass is 10.1. The van der Waals surface area contributed by atoms with Crippen molar-refractivity contribution in [3.8, 4) is 21.7 Å². The van der Waals surface area contributed by atoms with Crippen LogP contribution in [0, 0.1) is 5.82 Å². The van der Waals surface area contributed by atoms with E-state index in [4.69, 9.17) is 5.73 Å². The van der Waals surface area contributed by atoms with Crippen LogP contribution in [0.3, 0.4) is 0 Å². The Kier molecular flexibility index (Phi) is 3.54. The smallest absolute Gasteiger partial charge is 0.123 e. The summed E-state index contributed by atoms with van der Waals surface area (Å²) >= 11 is 1.49. The van der Waals surface area contributed by atoms with Gasteiger partial charge in [-0.25, -0.2) is 9.37 Å². The molecule has 2 aromatic heterocycles. The summed E-state index contributed by atoms with van der Waals surface area (Å²) in [4.78, 5) is 9.48. The van der Waals surface area contributed by atoms with Crippen LogP contribution in [0.4, 0.5) is 4.39 Å². The van der Waals surface area contributed by atoms with E-state index in [1.54, 1.807) is 18.5 Å². The van der Waals surface area contributed by atoms with Gasteiger partial charge in [0.05, 0.1) is 10.6 Å². The third-order valence-electron chi connectivity index (χ3n) is 2.89. The molecule has 3 nitrogen and oxygen atoms in total. The summed E-state index contributed by atoms with van der Waals surface area (Å²) in [5, 5.41) is 0.830. The predicted molar refractivity (Wildman–Crippen MR) is 78.6 cm³/mol. The summed E-state index contributed by atoms with van der Waals surface area (Å²) in [6.45, 7) is 0.373. The van der Waals surface area contributed by atoms with Gasteiger partial charge in [0.15, 0.2) is 0 Å². The molecule has 20 heavy (non-hydrogen) atoms. The second-order valence-corrected chi connectivity index (χ2v) is 5.32. The van der Waals surface area contributed by atoms with Crippen molar-refractivity contribution < 1.29 is 4.39 Å². The van der Waals surface area contributed by atoms with E-state index in [9.17, 15) is 4.39 Å². The van der Waals surface area contributed by atoms with Gasteiger partial charge in [0.2, 0.25) is 0 Å². The van der Waals surface area contributed by atoms with Crippen molar-refractivity contribution in [1.29, 1.82) is 0 Å². The summed E-state index contributed by atoms with van der Waals surface area (Å²) in [6.07, 6.45) is 3.43. The van der Waals surface area contributed by atoms with Crippen LogP contribution in [0.1, 0.15) is 5.01 Å². The highest BCUT2D eigenvalue weighted by molar-refractivity contribution is 7.15. The van der Waals surface area contributed by atoms with Crippen molar-refractivity contribution in [2.75, 3.05) is 0 Å².